The van der Waals surface area contributed by atoms with Gasteiger partial charge in [0.05, 0.1) is 22.7 Å². The van der Waals surface area contributed by atoms with E-state index in [0.717, 1.165) is 24.9 Å². The third kappa shape index (κ3) is 3.07. The van der Waals surface area contributed by atoms with Crippen LogP contribution in [0.4, 0.5) is 5.69 Å². The second kappa shape index (κ2) is 7.08. The summed E-state index contributed by atoms with van der Waals surface area (Å²) in [7, 11) is 0. The van der Waals surface area contributed by atoms with Crippen LogP contribution in [-0.4, -0.2) is 34.8 Å². The number of nitrogens with zero attached hydrogens (tertiary/aromatic N) is 3. The molecule has 0 N–H and O–H groups in total. The molecule has 1 aromatic carbocycles. The van der Waals surface area contributed by atoms with Gasteiger partial charge in [0.1, 0.15) is 0 Å². The molecule has 26 heavy (non-hydrogen) atoms. The smallest absolute Gasteiger partial charge is 0.228 e. The third-order valence-corrected chi connectivity index (χ3v) is 5.56. The van der Waals surface area contributed by atoms with Gasteiger partial charge >= 0.3 is 0 Å². The molecule has 6 heteroatoms. The zero-order valence-electron chi connectivity index (χ0n) is 14.3. The molecule has 0 aliphatic carbocycles. The fourth-order valence-corrected chi connectivity index (χ4v) is 4.21. The van der Waals surface area contributed by atoms with Crippen LogP contribution in [0.3, 0.4) is 0 Å². The topological polar surface area (TPSA) is 53.5 Å². The molecule has 4 rings (SSSR count). The van der Waals surface area contributed by atoms with Crippen LogP contribution < -0.4 is 4.90 Å². The van der Waals surface area contributed by atoms with Gasteiger partial charge in [0, 0.05) is 31.9 Å². The number of anilines is 1. The summed E-state index contributed by atoms with van der Waals surface area (Å²) in [5.74, 6) is -0.301. The zero-order chi connectivity index (χ0) is 18.1. The van der Waals surface area contributed by atoms with Gasteiger partial charge in [-0.2, -0.15) is 0 Å². The molecule has 2 atom stereocenters. The number of benzene rings is 1. The van der Waals surface area contributed by atoms with Crippen LogP contribution in [0.25, 0.3) is 0 Å². The molecular weight excluding hydrogens is 350 g/mol. The third-order valence-electron chi connectivity index (χ3n) is 5.24. The molecule has 2 aliphatic rings. The molecule has 0 radical (unpaired) electrons. The highest BCUT2D eigenvalue weighted by Crippen LogP contribution is 2.36. The largest absolute Gasteiger partial charge is 0.335 e. The van der Waals surface area contributed by atoms with Crippen molar-refractivity contribution in [1.29, 1.82) is 0 Å². The number of carbonyl (C=O) groups excluding carboxylic acids is 2. The lowest BCUT2D eigenvalue weighted by atomic mass is 10.0. The van der Waals surface area contributed by atoms with Crippen LogP contribution >= 0.6 is 11.6 Å². The first kappa shape index (κ1) is 17.0. The Hall–Kier alpha value is -2.40. The van der Waals surface area contributed by atoms with E-state index in [1.165, 1.54) is 0 Å². The second-order valence-electron chi connectivity index (χ2n) is 6.83. The van der Waals surface area contributed by atoms with E-state index < -0.39 is 0 Å². The van der Waals surface area contributed by atoms with E-state index in [1.807, 2.05) is 35.2 Å². The number of amides is 2. The second-order valence-corrected chi connectivity index (χ2v) is 7.23. The maximum Gasteiger partial charge on any atom is 0.228 e. The molecule has 5 nitrogen and oxygen atoms in total. The van der Waals surface area contributed by atoms with E-state index in [0.29, 0.717) is 17.3 Å². The fraction of sp³-hybridized carbons (Fsp3) is 0.350. The van der Waals surface area contributed by atoms with Gasteiger partial charge in [0.15, 0.2) is 0 Å². The predicted molar refractivity (Wildman–Crippen MR) is 99.8 cm³/mol. The summed E-state index contributed by atoms with van der Waals surface area (Å²) in [6, 6.07) is 11.3. The van der Waals surface area contributed by atoms with Gasteiger partial charge in [-0.3, -0.25) is 14.6 Å². The number of pyridine rings is 1. The Morgan fingerprint density at radius 2 is 1.92 bits per heavy atom. The quantitative estimate of drug-likeness (QED) is 0.832. The van der Waals surface area contributed by atoms with Crippen molar-refractivity contribution in [2.75, 3.05) is 18.0 Å². The Morgan fingerprint density at radius 3 is 2.69 bits per heavy atom. The Balaban J connectivity index is 1.52. The number of hydrogen-bond donors (Lipinski definition) is 0. The molecule has 3 heterocycles. The molecule has 2 aromatic rings. The Kier molecular flexibility index (Phi) is 4.64. The SMILES string of the molecule is O=C1CC(C(=O)N2CCCC2c2ccncc2)CN1c1ccccc1Cl. The van der Waals surface area contributed by atoms with Crippen LogP contribution in [0.5, 0.6) is 0 Å². The molecule has 2 amide bonds. The lowest BCUT2D eigenvalue weighted by Gasteiger charge is -2.27. The van der Waals surface area contributed by atoms with Crippen molar-refractivity contribution in [1.82, 2.24) is 9.88 Å². The van der Waals surface area contributed by atoms with E-state index in [2.05, 4.69) is 4.98 Å². The molecule has 0 saturated carbocycles. The van der Waals surface area contributed by atoms with Crippen LogP contribution in [0.15, 0.2) is 48.8 Å². The van der Waals surface area contributed by atoms with Crippen molar-refractivity contribution in [2.45, 2.75) is 25.3 Å². The fourth-order valence-electron chi connectivity index (χ4n) is 3.97. The van der Waals surface area contributed by atoms with Crippen LogP contribution in [-0.2, 0) is 9.59 Å². The number of likely N-dealkylation sites (tertiary alicyclic amines) is 1. The van der Waals surface area contributed by atoms with Crippen molar-refractivity contribution in [3.8, 4) is 0 Å². The van der Waals surface area contributed by atoms with Gasteiger partial charge in [-0.1, -0.05) is 23.7 Å². The van der Waals surface area contributed by atoms with E-state index in [4.69, 9.17) is 11.6 Å². The average Bonchev–Trinajstić information content (AvgIpc) is 3.29. The molecule has 0 bridgehead atoms. The molecule has 2 saturated heterocycles. The Morgan fingerprint density at radius 1 is 1.15 bits per heavy atom. The van der Waals surface area contributed by atoms with E-state index >= 15 is 0 Å². The number of halogens is 1. The van der Waals surface area contributed by atoms with Gasteiger partial charge < -0.3 is 9.80 Å². The summed E-state index contributed by atoms with van der Waals surface area (Å²) < 4.78 is 0. The van der Waals surface area contributed by atoms with Crippen LogP contribution in [0, 0.1) is 5.92 Å². The first-order chi connectivity index (χ1) is 12.6. The Bertz CT molecular complexity index is 827. The molecule has 1 aromatic heterocycles. The van der Waals surface area contributed by atoms with Crippen molar-refractivity contribution < 1.29 is 9.59 Å². The van der Waals surface area contributed by atoms with Crippen molar-refractivity contribution in [2.24, 2.45) is 5.92 Å². The summed E-state index contributed by atoms with van der Waals surface area (Å²) in [6.45, 7) is 1.13. The van der Waals surface area contributed by atoms with Crippen LogP contribution in [0.2, 0.25) is 5.02 Å². The summed E-state index contributed by atoms with van der Waals surface area (Å²) in [6.07, 6.45) is 5.69. The molecule has 0 spiro atoms. The minimum absolute atomic E-state index is 0.0453. The van der Waals surface area contributed by atoms with Crippen molar-refractivity contribution in [3.63, 3.8) is 0 Å². The van der Waals surface area contributed by atoms with E-state index in [-0.39, 0.29) is 30.2 Å². The number of carbonyl (C=O) groups is 2. The van der Waals surface area contributed by atoms with Gasteiger partial charge in [0.2, 0.25) is 11.8 Å². The zero-order valence-corrected chi connectivity index (χ0v) is 15.1. The standard InChI is InChI=1S/C20H20ClN3O2/c21-16-4-1-2-5-18(16)24-13-15(12-19(24)25)20(26)23-11-3-6-17(23)14-7-9-22-10-8-14/h1-2,4-5,7-10,15,17H,3,6,11-13H2. The first-order valence-corrected chi connectivity index (χ1v) is 9.28. The number of para-hydroxylation sites is 1. The summed E-state index contributed by atoms with van der Waals surface area (Å²) in [5, 5.41) is 0.532. The summed E-state index contributed by atoms with van der Waals surface area (Å²) >= 11 is 6.23. The maximum atomic E-state index is 13.1. The Labute approximate surface area is 157 Å². The molecule has 2 unspecified atom stereocenters. The minimum atomic E-state index is -0.318. The van der Waals surface area contributed by atoms with Gasteiger partial charge in [-0.25, -0.2) is 0 Å². The molecular formula is C20H20ClN3O2. The molecule has 2 fully saturated rings. The number of rotatable bonds is 3. The monoisotopic (exact) mass is 369 g/mol. The van der Waals surface area contributed by atoms with Gasteiger partial charge in [-0.05, 0) is 42.7 Å². The van der Waals surface area contributed by atoms with Crippen molar-refractivity contribution >= 4 is 29.1 Å². The van der Waals surface area contributed by atoms with Gasteiger partial charge in [0.25, 0.3) is 0 Å². The lowest BCUT2D eigenvalue weighted by molar-refractivity contribution is -0.136. The highest BCUT2D eigenvalue weighted by atomic mass is 35.5. The first-order valence-electron chi connectivity index (χ1n) is 8.90. The predicted octanol–water partition coefficient (Wildman–Crippen LogP) is 3.45. The van der Waals surface area contributed by atoms with E-state index in [9.17, 15) is 9.59 Å². The van der Waals surface area contributed by atoms with E-state index in [1.54, 1.807) is 23.4 Å². The highest BCUT2D eigenvalue weighted by molar-refractivity contribution is 6.33. The number of hydrogen-bond acceptors (Lipinski definition) is 3. The summed E-state index contributed by atoms with van der Waals surface area (Å²) in [5.41, 5.74) is 1.79. The maximum absolute atomic E-state index is 13.1. The van der Waals surface area contributed by atoms with Crippen LogP contribution in [0.1, 0.15) is 30.9 Å². The van der Waals surface area contributed by atoms with Gasteiger partial charge in [-0.15, -0.1) is 0 Å². The average molecular weight is 370 g/mol. The molecule has 134 valence electrons. The summed E-state index contributed by atoms with van der Waals surface area (Å²) in [4.78, 5) is 33.3. The minimum Gasteiger partial charge on any atom is -0.335 e. The highest BCUT2D eigenvalue weighted by Gasteiger charge is 2.40. The number of aromatic nitrogens is 1. The van der Waals surface area contributed by atoms with Crippen molar-refractivity contribution in [3.05, 3.63) is 59.4 Å². The lowest BCUT2D eigenvalue weighted by Crippen LogP contribution is -2.37. The molecule has 2 aliphatic heterocycles. The normalized spacial score (nSPS) is 22.9.